The Morgan fingerprint density at radius 2 is 1.42 bits per heavy atom. The zero-order valence-electron chi connectivity index (χ0n) is 13.9. The SMILES string of the molecule is OC[C@H]1O[C@@H](Nc2ccc(N=Nc3ccccc3)cc2)[C@@H](O)[C@@H](O)[C@@H]1O. The van der Waals surface area contributed by atoms with Gasteiger partial charge >= 0.3 is 0 Å². The highest BCUT2D eigenvalue weighted by molar-refractivity contribution is 5.51. The van der Waals surface area contributed by atoms with Crippen molar-refractivity contribution in [3.05, 3.63) is 54.6 Å². The lowest BCUT2D eigenvalue weighted by molar-refractivity contribution is -0.221. The fourth-order valence-electron chi connectivity index (χ4n) is 2.62. The lowest BCUT2D eigenvalue weighted by atomic mass is 9.98. The predicted octanol–water partition coefficient (Wildman–Crippen LogP) is 1.31. The molecule has 1 heterocycles. The van der Waals surface area contributed by atoms with Crippen LogP contribution in [0.4, 0.5) is 17.1 Å². The number of nitrogens with one attached hydrogen (secondary N) is 1. The lowest BCUT2D eigenvalue weighted by Crippen LogP contribution is -2.60. The van der Waals surface area contributed by atoms with E-state index in [0.29, 0.717) is 11.4 Å². The van der Waals surface area contributed by atoms with Crippen LogP contribution in [0.25, 0.3) is 0 Å². The molecule has 0 radical (unpaired) electrons. The summed E-state index contributed by atoms with van der Waals surface area (Å²) in [6.45, 7) is -0.470. The van der Waals surface area contributed by atoms with Crippen LogP contribution >= 0.6 is 0 Å². The number of hydrogen-bond acceptors (Lipinski definition) is 8. The van der Waals surface area contributed by atoms with Gasteiger partial charge in [-0.05, 0) is 36.4 Å². The Balaban J connectivity index is 1.64. The van der Waals surface area contributed by atoms with Crippen LogP contribution in [0, 0.1) is 0 Å². The number of rotatable bonds is 5. The number of hydrogen-bond donors (Lipinski definition) is 5. The van der Waals surface area contributed by atoms with Gasteiger partial charge in [-0.25, -0.2) is 0 Å². The summed E-state index contributed by atoms with van der Waals surface area (Å²) in [4.78, 5) is 0. The second kappa shape index (κ2) is 8.35. The largest absolute Gasteiger partial charge is 0.394 e. The molecule has 3 rings (SSSR count). The molecule has 0 spiro atoms. The Labute approximate surface area is 150 Å². The Kier molecular flexibility index (Phi) is 5.92. The summed E-state index contributed by atoms with van der Waals surface area (Å²) in [5.41, 5.74) is 2.01. The molecule has 1 aliphatic rings. The van der Waals surface area contributed by atoms with Gasteiger partial charge in [-0.3, -0.25) is 0 Å². The second-order valence-electron chi connectivity index (χ2n) is 5.98. The average Bonchev–Trinajstić information content (AvgIpc) is 2.68. The van der Waals surface area contributed by atoms with E-state index in [1.165, 1.54) is 0 Å². The molecule has 0 saturated carbocycles. The van der Waals surface area contributed by atoms with Gasteiger partial charge in [-0.1, -0.05) is 18.2 Å². The van der Waals surface area contributed by atoms with Crippen molar-refractivity contribution in [2.24, 2.45) is 10.2 Å². The van der Waals surface area contributed by atoms with Crippen molar-refractivity contribution in [2.75, 3.05) is 11.9 Å². The van der Waals surface area contributed by atoms with E-state index >= 15 is 0 Å². The van der Waals surface area contributed by atoms with Crippen molar-refractivity contribution in [3.8, 4) is 0 Å². The van der Waals surface area contributed by atoms with Crippen molar-refractivity contribution in [2.45, 2.75) is 30.6 Å². The zero-order chi connectivity index (χ0) is 18.5. The molecular weight excluding hydrogens is 338 g/mol. The molecule has 8 nitrogen and oxygen atoms in total. The number of benzene rings is 2. The molecule has 138 valence electrons. The van der Waals surface area contributed by atoms with Gasteiger partial charge in [0, 0.05) is 5.69 Å². The van der Waals surface area contributed by atoms with Crippen LogP contribution in [-0.2, 0) is 4.74 Å². The summed E-state index contributed by atoms with van der Waals surface area (Å²) >= 11 is 0. The van der Waals surface area contributed by atoms with Crippen LogP contribution in [0.2, 0.25) is 0 Å². The van der Waals surface area contributed by atoms with Crippen LogP contribution in [0.5, 0.6) is 0 Å². The minimum absolute atomic E-state index is 0.470. The van der Waals surface area contributed by atoms with Crippen LogP contribution < -0.4 is 5.32 Å². The first kappa shape index (κ1) is 18.4. The van der Waals surface area contributed by atoms with Crippen LogP contribution in [-0.4, -0.2) is 57.7 Å². The maximum Gasteiger partial charge on any atom is 0.157 e. The molecular formula is C18H21N3O5. The van der Waals surface area contributed by atoms with Crippen molar-refractivity contribution < 1.29 is 25.2 Å². The number of aliphatic hydroxyl groups excluding tert-OH is 4. The number of azo groups is 1. The molecule has 5 atom stereocenters. The maximum atomic E-state index is 10.0. The molecule has 1 aliphatic heterocycles. The molecule has 2 aromatic rings. The Bertz CT molecular complexity index is 723. The molecule has 8 heteroatoms. The molecule has 0 bridgehead atoms. The standard InChI is InChI=1S/C18H21N3O5/c22-10-14-15(23)16(24)17(25)18(26-14)19-11-6-8-13(9-7-11)21-20-12-4-2-1-3-5-12/h1-9,14-19,22-25H,10H2/t14-,15-,16+,17+,18-/m1/s1. The first-order valence-corrected chi connectivity index (χ1v) is 8.22. The van der Waals surface area contributed by atoms with Gasteiger partial charge in [0.25, 0.3) is 0 Å². The van der Waals surface area contributed by atoms with E-state index in [-0.39, 0.29) is 0 Å². The smallest absolute Gasteiger partial charge is 0.157 e. The van der Waals surface area contributed by atoms with Crippen LogP contribution in [0.15, 0.2) is 64.8 Å². The lowest BCUT2D eigenvalue weighted by Gasteiger charge is -2.40. The molecule has 0 unspecified atom stereocenters. The molecule has 1 fully saturated rings. The van der Waals surface area contributed by atoms with E-state index in [1.807, 2.05) is 30.3 Å². The molecule has 0 aliphatic carbocycles. The number of nitrogens with zero attached hydrogens (tertiary/aromatic N) is 2. The van der Waals surface area contributed by atoms with E-state index < -0.39 is 37.3 Å². The van der Waals surface area contributed by atoms with Crippen LogP contribution in [0.1, 0.15) is 0 Å². The van der Waals surface area contributed by atoms with Crippen molar-refractivity contribution in [3.63, 3.8) is 0 Å². The third-order valence-corrected chi connectivity index (χ3v) is 4.11. The summed E-state index contributed by atoms with van der Waals surface area (Å²) in [6, 6.07) is 16.3. The first-order chi connectivity index (χ1) is 12.6. The second-order valence-corrected chi connectivity index (χ2v) is 5.98. The predicted molar refractivity (Wildman–Crippen MR) is 94.4 cm³/mol. The quantitative estimate of drug-likeness (QED) is 0.512. The van der Waals surface area contributed by atoms with E-state index in [4.69, 9.17) is 4.74 Å². The summed E-state index contributed by atoms with van der Waals surface area (Å²) in [5.74, 6) is 0. The van der Waals surface area contributed by atoms with E-state index in [0.717, 1.165) is 5.69 Å². The fourth-order valence-corrected chi connectivity index (χ4v) is 2.62. The maximum absolute atomic E-state index is 10.0. The normalized spacial score (nSPS) is 29.0. The van der Waals surface area contributed by atoms with E-state index in [9.17, 15) is 20.4 Å². The summed E-state index contributed by atoms with van der Waals surface area (Å²) < 4.78 is 5.41. The first-order valence-electron chi connectivity index (χ1n) is 8.22. The highest BCUT2D eigenvalue weighted by Crippen LogP contribution is 2.25. The van der Waals surface area contributed by atoms with Gasteiger partial charge in [-0.15, -0.1) is 0 Å². The van der Waals surface area contributed by atoms with Gasteiger partial charge in [0.2, 0.25) is 0 Å². The number of ether oxygens (including phenoxy) is 1. The van der Waals surface area contributed by atoms with Gasteiger partial charge < -0.3 is 30.5 Å². The Morgan fingerprint density at radius 1 is 0.808 bits per heavy atom. The van der Waals surface area contributed by atoms with Gasteiger partial charge in [0.15, 0.2) is 6.23 Å². The average molecular weight is 359 g/mol. The third kappa shape index (κ3) is 4.24. The number of aliphatic hydroxyl groups is 4. The van der Waals surface area contributed by atoms with Crippen molar-refractivity contribution in [1.82, 2.24) is 0 Å². The van der Waals surface area contributed by atoms with Crippen molar-refractivity contribution in [1.29, 1.82) is 0 Å². The molecule has 26 heavy (non-hydrogen) atoms. The zero-order valence-corrected chi connectivity index (χ0v) is 13.9. The highest BCUT2D eigenvalue weighted by atomic mass is 16.6. The van der Waals surface area contributed by atoms with Gasteiger partial charge in [0.1, 0.15) is 24.4 Å². The fraction of sp³-hybridized carbons (Fsp3) is 0.333. The molecule has 2 aromatic carbocycles. The molecule has 0 aromatic heterocycles. The van der Waals surface area contributed by atoms with E-state index in [2.05, 4.69) is 15.5 Å². The van der Waals surface area contributed by atoms with E-state index in [1.54, 1.807) is 24.3 Å². The minimum atomic E-state index is -1.42. The summed E-state index contributed by atoms with van der Waals surface area (Å²) in [7, 11) is 0. The molecule has 5 N–H and O–H groups in total. The summed E-state index contributed by atoms with van der Waals surface area (Å²) in [5, 5.41) is 50.0. The Morgan fingerprint density at radius 3 is 2.04 bits per heavy atom. The molecule has 1 saturated heterocycles. The highest BCUT2D eigenvalue weighted by Gasteiger charge is 2.43. The number of anilines is 1. The molecule has 0 amide bonds. The van der Waals surface area contributed by atoms with Gasteiger partial charge in [-0.2, -0.15) is 10.2 Å². The van der Waals surface area contributed by atoms with Gasteiger partial charge in [0.05, 0.1) is 18.0 Å². The van der Waals surface area contributed by atoms with Crippen molar-refractivity contribution >= 4 is 17.1 Å². The minimum Gasteiger partial charge on any atom is -0.394 e. The summed E-state index contributed by atoms with van der Waals surface area (Å²) in [6.07, 6.45) is -6.07. The Hall–Kier alpha value is -2.36. The third-order valence-electron chi connectivity index (χ3n) is 4.11. The monoisotopic (exact) mass is 359 g/mol. The topological polar surface area (TPSA) is 127 Å². The van der Waals surface area contributed by atoms with Crippen LogP contribution in [0.3, 0.4) is 0 Å².